The minimum absolute atomic E-state index is 0.0872. The van der Waals surface area contributed by atoms with E-state index in [0.717, 1.165) is 11.3 Å². The van der Waals surface area contributed by atoms with Gasteiger partial charge in [0.15, 0.2) is 15.8 Å². The molecule has 138 valence electrons. The number of ether oxygens (including phenoxy) is 1. The number of thiophene rings is 1. The van der Waals surface area contributed by atoms with Crippen LogP contribution in [0.3, 0.4) is 0 Å². The van der Waals surface area contributed by atoms with Crippen LogP contribution >= 0.6 is 11.3 Å². The number of sulfone groups is 1. The highest BCUT2D eigenvalue weighted by atomic mass is 32.2. The Bertz CT molecular complexity index is 613. The molecule has 0 bridgehead atoms. The summed E-state index contributed by atoms with van der Waals surface area (Å²) in [5.74, 6) is 0.180. The maximum Gasteiger partial charge on any atom is 0.191 e. The first-order valence-corrected chi connectivity index (χ1v) is 10.2. The van der Waals surface area contributed by atoms with E-state index in [9.17, 15) is 13.5 Å². The Balaban J connectivity index is 2.58. The van der Waals surface area contributed by atoms with Crippen molar-refractivity contribution in [2.45, 2.75) is 36.7 Å². The predicted octanol–water partition coefficient (Wildman–Crippen LogP) is 0.863. The summed E-state index contributed by atoms with van der Waals surface area (Å²) >= 11 is 1.15. The summed E-state index contributed by atoms with van der Waals surface area (Å²) in [4.78, 5) is 4.39. The molecule has 9 heteroatoms. The first-order chi connectivity index (χ1) is 11.2. The second-order valence-corrected chi connectivity index (χ2v) is 9.12. The Hall–Kier alpha value is -1.16. The number of rotatable bonds is 9. The summed E-state index contributed by atoms with van der Waals surface area (Å²) in [7, 11) is -1.85. The molecule has 1 aromatic rings. The molecule has 1 aromatic heterocycles. The average Bonchev–Trinajstić information content (AvgIpc) is 3.05. The molecule has 1 heterocycles. The highest BCUT2D eigenvalue weighted by Gasteiger charge is 2.21. The van der Waals surface area contributed by atoms with Gasteiger partial charge in [0.25, 0.3) is 0 Å². The number of aliphatic hydroxyl groups excluding tert-OH is 1. The van der Waals surface area contributed by atoms with Gasteiger partial charge in [0.2, 0.25) is 0 Å². The van der Waals surface area contributed by atoms with Crippen molar-refractivity contribution in [1.82, 2.24) is 10.6 Å². The highest BCUT2D eigenvalue weighted by Crippen LogP contribution is 2.18. The van der Waals surface area contributed by atoms with E-state index in [2.05, 4.69) is 15.6 Å². The Morgan fingerprint density at radius 2 is 2.17 bits per heavy atom. The van der Waals surface area contributed by atoms with Crippen LogP contribution in [0.25, 0.3) is 0 Å². The quantitative estimate of drug-likeness (QED) is 0.436. The van der Waals surface area contributed by atoms with Crippen molar-refractivity contribution in [2.24, 2.45) is 4.99 Å². The molecule has 0 saturated heterocycles. The van der Waals surface area contributed by atoms with Crippen LogP contribution in [0.4, 0.5) is 0 Å². The molecule has 0 saturated carbocycles. The van der Waals surface area contributed by atoms with E-state index in [1.807, 2.05) is 20.8 Å². The van der Waals surface area contributed by atoms with E-state index in [1.54, 1.807) is 24.6 Å². The molecule has 1 unspecified atom stereocenters. The lowest BCUT2D eigenvalue weighted by atomic mass is 10.1. The van der Waals surface area contributed by atoms with Crippen molar-refractivity contribution < 1.29 is 18.3 Å². The number of aliphatic hydroxyl groups is 1. The van der Waals surface area contributed by atoms with Gasteiger partial charge in [-0.15, -0.1) is 11.3 Å². The van der Waals surface area contributed by atoms with Gasteiger partial charge in [-0.25, -0.2) is 8.42 Å². The SMILES string of the molecule is CCNC(=NCC(C)(C)OC)NCC(O)CS(=O)(=O)c1cccs1. The molecule has 0 aliphatic carbocycles. The molecule has 0 aliphatic rings. The molecule has 24 heavy (non-hydrogen) atoms. The standard InChI is InChI=1S/C15H27N3O4S2/c1-5-16-14(18-11-15(2,3)22-4)17-9-12(19)10-24(20,21)13-7-6-8-23-13/h6-8,12,19H,5,9-11H2,1-4H3,(H2,16,17,18). The predicted molar refractivity (Wildman–Crippen MR) is 97.4 cm³/mol. The van der Waals surface area contributed by atoms with Gasteiger partial charge < -0.3 is 20.5 Å². The number of aliphatic imine (C=N–C) groups is 1. The third-order valence-electron chi connectivity index (χ3n) is 3.23. The second-order valence-electron chi connectivity index (χ2n) is 5.91. The lowest BCUT2D eigenvalue weighted by Crippen LogP contribution is -2.43. The summed E-state index contributed by atoms with van der Waals surface area (Å²) < 4.78 is 29.8. The van der Waals surface area contributed by atoms with E-state index in [1.165, 1.54) is 0 Å². The largest absolute Gasteiger partial charge is 0.390 e. The second kappa shape index (κ2) is 9.36. The average molecular weight is 378 g/mol. The van der Waals surface area contributed by atoms with Crippen LogP contribution in [0, 0.1) is 0 Å². The summed E-state index contributed by atoms with van der Waals surface area (Å²) in [5.41, 5.74) is -0.399. The molecule has 0 fully saturated rings. The lowest BCUT2D eigenvalue weighted by molar-refractivity contribution is 0.0310. The van der Waals surface area contributed by atoms with Crippen molar-refractivity contribution in [3.8, 4) is 0 Å². The van der Waals surface area contributed by atoms with Crippen molar-refractivity contribution in [2.75, 3.05) is 32.5 Å². The molecule has 0 aliphatic heterocycles. The van der Waals surface area contributed by atoms with E-state index >= 15 is 0 Å². The van der Waals surface area contributed by atoms with Crippen LogP contribution in [-0.2, 0) is 14.6 Å². The van der Waals surface area contributed by atoms with Gasteiger partial charge >= 0.3 is 0 Å². The minimum atomic E-state index is -3.47. The third kappa shape index (κ3) is 7.16. The molecular weight excluding hydrogens is 350 g/mol. The molecule has 1 rings (SSSR count). The zero-order chi connectivity index (χ0) is 18.2. The van der Waals surface area contributed by atoms with Gasteiger partial charge in [0.1, 0.15) is 4.21 Å². The molecule has 1 atom stereocenters. The Morgan fingerprint density at radius 3 is 2.71 bits per heavy atom. The van der Waals surface area contributed by atoms with Crippen molar-refractivity contribution in [3.63, 3.8) is 0 Å². The third-order valence-corrected chi connectivity index (χ3v) is 6.52. The molecule has 0 spiro atoms. The van der Waals surface area contributed by atoms with E-state index in [-0.39, 0.29) is 16.5 Å². The van der Waals surface area contributed by atoms with E-state index in [4.69, 9.17) is 4.74 Å². The summed E-state index contributed by atoms with van der Waals surface area (Å²) in [6.07, 6.45) is -1.03. The Morgan fingerprint density at radius 1 is 1.46 bits per heavy atom. The fraction of sp³-hybridized carbons (Fsp3) is 0.667. The zero-order valence-electron chi connectivity index (χ0n) is 14.6. The monoisotopic (exact) mass is 377 g/mol. The molecule has 3 N–H and O–H groups in total. The number of hydrogen-bond acceptors (Lipinski definition) is 6. The maximum absolute atomic E-state index is 12.1. The van der Waals surface area contributed by atoms with Crippen LogP contribution in [0.2, 0.25) is 0 Å². The zero-order valence-corrected chi connectivity index (χ0v) is 16.2. The van der Waals surface area contributed by atoms with E-state index < -0.39 is 21.5 Å². The van der Waals surface area contributed by atoms with Gasteiger partial charge in [-0.3, -0.25) is 4.99 Å². The summed E-state index contributed by atoms with van der Waals surface area (Å²) in [6, 6.07) is 3.22. The molecule has 7 nitrogen and oxygen atoms in total. The summed E-state index contributed by atoms with van der Waals surface area (Å²) in [5, 5.41) is 17.7. The van der Waals surface area contributed by atoms with Crippen LogP contribution in [0.1, 0.15) is 20.8 Å². The van der Waals surface area contributed by atoms with Crippen LogP contribution in [0.5, 0.6) is 0 Å². The van der Waals surface area contributed by atoms with Gasteiger partial charge in [0, 0.05) is 20.2 Å². The van der Waals surface area contributed by atoms with Gasteiger partial charge in [-0.05, 0) is 32.2 Å². The number of guanidine groups is 1. The number of hydrogen-bond donors (Lipinski definition) is 3. The van der Waals surface area contributed by atoms with Crippen LogP contribution < -0.4 is 10.6 Å². The van der Waals surface area contributed by atoms with Gasteiger partial charge in [-0.1, -0.05) is 6.07 Å². The molecular formula is C15H27N3O4S2. The number of methoxy groups -OCH3 is 1. The first-order valence-electron chi connectivity index (χ1n) is 7.72. The minimum Gasteiger partial charge on any atom is -0.390 e. The normalized spacial score (nSPS) is 14.5. The summed E-state index contributed by atoms with van der Waals surface area (Å²) in [6.45, 7) is 6.94. The van der Waals surface area contributed by atoms with Crippen molar-refractivity contribution in [1.29, 1.82) is 0 Å². The van der Waals surface area contributed by atoms with E-state index in [0.29, 0.717) is 19.0 Å². The smallest absolute Gasteiger partial charge is 0.191 e. The maximum atomic E-state index is 12.1. The fourth-order valence-corrected chi connectivity index (χ4v) is 4.21. The molecule has 0 aromatic carbocycles. The van der Waals surface area contributed by atoms with Crippen LogP contribution in [-0.4, -0.2) is 63.7 Å². The van der Waals surface area contributed by atoms with Crippen molar-refractivity contribution >= 4 is 27.1 Å². The Kier molecular flexibility index (Phi) is 8.14. The topological polar surface area (TPSA) is 100 Å². The number of nitrogens with zero attached hydrogens (tertiary/aromatic N) is 1. The fourth-order valence-electron chi connectivity index (χ4n) is 1.73. The lowest BCUT2D eigenvalue weighted by Gasteiger charge is -2.21. The first kappa shape index (κ1) is 20.9. The van der Waals surface area contributed by atoms with Crippen LogP contribution in [0.15, 0.2) is 26.7 Å². The van der Waals surface area contributed by atoms with Crippen molar-refractivity contribution in [3.05, 3.63) is 17.5 Å². The molecule has 0 amide bonds. The molecule has 0 radical (unpaired) electrons. The Labute approximate surface area is 148 Å². The highest BCUT2D eigenvalue weighted by molar-refractivity contribution is 7.93. The van der Waals surface area contributed by atoms with Gasteiger partial charge in [-0.2, -0.15) is 0 Å². The van der Waals surface area contributed by atoms with Gasteiger partial charge in [0.05, 0.1) is 24.0 Å². The number of nitrogens with one attached hydrogen (secondary N) is 2.